The SMILES string of the molecule is CN(CCCCO)CCc1ccccc1.COc1cc(C(=O)O)cc(OC)c1OC. The van der Waals surface area contributed by atoms with Gasteiger partial charge in [0.1, 0.15) is 0 Å². The molecule has 0 aromatic heterocycles. The molecule has 2 rings (SSSR count). The first-order valence-electron chi connectivity index (χ1n) is 9.83. The molecule has 7 heteroatoms. The number of carbonyl (C=O) groups is 1. The molecule has 2 aromatic rings. The van der Waals surface area contributed by atoms with E-state index in [1.807, 2.05) is 0 Å². The molecule has 0 unspecified atom stereocenters. The van der Waals surface area contributed by atoms with E-state index >= 15 is 0 Å². The van der Waals surface area contributed by atoms with E-state index in [9.17, 15) is 4.79 Å². The normalized spacial score (nSPS) is 10.2. The van der Waals surface area contributed by atoms with Gasteiger partial charge in [0.05, 0.1) is 26.9 Å². The molecule has 0 bridgehead atoms. The zero-order chi connectivity index (χ0) is 22.4. The molecule has 0 fully saturated rings. The first-order chi connectivity index (χ1) is 14.5. The monoisotopic (exact) mass is 419 g/mol. The quantitative estimate of drug-likeness (QED) is 0.540. The molecule has 0 amide bonds. The predicted molar refractivity (Wildman–Crippen MR) is 117 cm³/mol. The Hall–Kier alpha value is -2.77. The van der Waals surface area contributed by atoms with E-state index in [0.717, 1.165) is 32.4 Å². The van der Waals surface area contributed by atoms with Crippen LogP contribution in [-0.2, 0) is 6.42 Å². The molecule has 0 radical (unpaired) electrons. The van der Waals surface area contributed by atoms with Crippen LogP contribution in [-0.4, -0.2) is 69.2 Å². The number of hydrogen-bond acceptors (Lipinski definition) is 6. The van der Waals surface area contributed by atoms with E-state index in [0.29, 0.717) is 23.9 Å². The third-order valence-corrected chi connectivity index (χ3v) is 4.48. The molecule has 0 heterocycles. The van der Waals surface area contributed by atoms with E-state index in [-0.39, 0.29) is 5.56 Å². The number of unbranched alkanes of at least 4 members (excludes halogenated alkanes) is 1. The van der Waals surface area contributed by atoms with Crippen molar-refractivity contribution < 1.29 is 29.2 Å². The maximum atomic E-state index is 10.8. The van der Waals surface area contributed by atoms with Gasteiger partial charge in [0, 0.05) is 13.2 Å². The third-order valence-electron chi connectivity index (χ3n) is 4.48. The zero-order valence-electron chi connectivity index (χ0n) is 18.3. The molecule has 2 N–H and O–H groups in total. The summed E-state index contributed by atoms with van der Waals surface area (Å²) in [5.74, 6) is -0.0113. The summed E-state index contributed by atoms with van der Waals surface area (Å²) in [7, 11) is 6.47. The highest BCUT2D eigenvalue weighted by Crippen LogP contribution is 2.38. The van der Waals surface area contributed by atoms with Gasteiger partial charge in [-0.25, -0.2) is 4.79 Å². The van der Waals surface area contributed by atoms with Gasteiger partial charge in [-0.05, 0) is 50.6 Å². The Balaban J connectivity index is 0.000000300. The average Bonchev–Trinajstić information content (AvgIpc) is 2.77. The Morgan fingerprint density at radius 1 is 0.933 bits per heavy atom. The number of methoxy groups -OCH3 is 3. The summed E-state index contributed by atoms with van der Waals surface area (Å²) in [6.45, 7) is 2.48. The van der Waals surface area contributed by atoms with Crippen LogP contribution in [0.3, 0.4) is 0 Å². The molecular formula is C23H33NO6. The van der Waals surface area contributed by atoms with Crippen LogP contribution in [0.4, 0.5) is 0 Å². The van der Waals surface area contributed by atoms with Gasteiger partial charge >= 0.3 is 5.97 Å². The second kappa shape index (κ2) is 14.3. The highest BCUT2D eigenvalue weighted by Gasteiger charge is 2.15. The minimum absolute atomic E-state index is 0.0875. The van der Waals surface area contributed by atoms with Crippen molar-refractivity contribution in [1.29, 1.82) is 0 Å². The number of rotatable bonds is 11. The number of nitrogens with zero attached hydrogens (tertiary/aromatic N) is 1. The number of aliphatic hydroxyl groups excluding tert-OH is 1. The van der Waals surface area contributed by atoms with Gasteiger partial charge in [0.15, 0.2) is 11.5 Å². The van der Waals surface area contributed by atoms with Crippen LogP contribution in [0.15, 0.2) is 42.5 Å². The van der Waals surface area contributed by atoms with Crippen LogP contribution in [0.1, 0.15) is 28.8 Å². The Labute approximate surface area is 178 Å². The number of carboxylic acid groups (broad SMARTS) is 1. The number of benzene rings is 2. The van der Waals surface area contributed by atoms with Crippen molar-refractivity contribution in [2.24, 2.45) is 0 Å². The molecule has 166 valence electrons. The van der Waals surface area contributed by atoms with Gasteiger partial charge in [-0.1, -0.05) is 30.3 Å². The van der Waals surface area contributed by atoms with Crippen molar-refractivity contribution in [3.05, 3.63) is 53.6 Å². The summed E-state index contributed by atoms with van der Waals surface area (Å²) in [6, 6.07) is 13.3. The van der Waals surface area contributed by atoms with E-state index in [2.05, 4.69) is 42.3 Å². The molecule has 2 aromatic carbocycles. The van der Waals surface area contributed by atoms with Gasteiger partial charge < -0.3 is 29.3 Å². The van der Waals surface area contributed by atoms with Crippen LogP contribution in [0.5, 0.6) is 17.2 Å². The summed E-state index contributed by atoms with van der Waals surface area (Å²) < 4.78 is 15.1. The van der Waals surface area contributed by atoms with Gasteiger partial charge in [-0.2, -0.15) is 0 Å². The maximum Gasteiger partial charge on any atom is 0.335 e. The third kappa shape index (κ3) is 8.71. The largest absolute Gasteiger partial charge is 0.493 e. The second-order valence-corrected chi connectivity index (χ2v) is 6.69. The van der Waals surface area contributed by atoms with Crippen molar-refractivity contribution in [3.63, 3.8) is 0 Å². The number of carboxylic acids is 1. The lowest BCUT2D eigenvalue weighted by atomic mass is 10.1. The number of likely N-dealkylation sites (N-methyl/N-ethyl adjacent to an activating group) is 1. The summed E-state index contributed by atoms with van der Waals surface area (Å²) in [5, 5.41) is 17.5. The van der Waals surface area contributed by atoms with Crippen molar-refractivity contribution in [1.82, 2.24) is 4.90 Å². The molecule has 0 aliphatic heterocycles. The minimum atomic E-state index is -1.05. The van der Waals surface area contributed by atoms with Crippen molar-refractivity contribution in [2.75, 3.05) is 48.1 Å². The summed E-state index contributed by atoms with van der Waals surface area (Å²) in [4.78, 5) is 13.1. The second-order valence-electron chi connectivity index (χ2n) is 6.69. The molecule has 0 aliphatic carbocycles. The molecule has 0 saturated carbocycles. The van der Waals surface area contributed by atoms with Crippen molar-refractivity contribution >= 4 is 5.97 Å². The lowest BCUT2D eigenvalue weighted by molar-refractivity contribution is 0.0696. The Bertz CT molecular complexity index is 726. The van der Waals surface area contributed by atoms with Crippen LogP contribution in [0.25, 0.3) is 0 Å². The minimum Gasteiger partial charge on any atom is -0.493 e. The molecular weight excluding hydrogens is 386 g/mol. The molecule has 0 spiro atoms. The number of aromatic carboxylic acids is 1. The summed E-state index contributed by atoms with van der Waals surface area (Å²) >= 11 is 0. The van der Waals surface area contributed by atoms with Gasteiger partial charge in [0.25, 0.3) is 0 Å². The first kappa shape index (κ1) is 25.3. The zero-order valence-corrected chi connectivity index (χ0v) is 18.3. The number of ether oxygens (including phenoxy) is 3. The number of aliphatic hydroxyl groups is 1. The van der Waals surface area contributed by atoms with Crippen molar-refractivity contribution in [2.45, 2.75) is 19.3 Å². The lowest BCUT2D eigenvalue weighted by Gasteiger charge is -2.15. The molecule has 0 saturated heterocycles. The molecule has 0 atom stereocenters. The number of hydrogen-bond donors (Lipinski definition) is 2. The Morgan fingerprint density at radius 3 is 2.00 bits per heavy atom. The van der Waals surface area contributed by atoms with E-state index in [1.165, 1.54) is 39.0 Å². The molecule has 0 aliphatic rings. The predicted octanol–water partition coefficient (Wildman–Crippen LogP) is 3.34. The van der Waals surface area contributed by atoms with Crippen LogP contribution < -0.4 is 14.2 Å². The Morgan fingerprint density at radius 2 is 1.53 bits per heavy atom. The topological polar surface area (TPSA) is 88.5 Å². The highest BCUT2D eigenvalue weighted by molar-refractivity contribution is 5.89. The van der Waals surface area contributed by atoms with E-state index in [4.69, 9.17) is 24.4 Å². The smallest absolute Gasteiger partial charge is 0.335 e. The van der Waals surface area contributed by atoms with Crippen LogP contribution >= 0.6 is 0 Å². The highest BCUT2D eigenvalue weighted by atomic mass is 16.5. The fourth-order valence-electron chi connectivity index (χ4n) is 2.77. The summed E-state index contributed by atoms with van der Waals surface area (Å²) in [6.07, 6.45) is 3.11. The molecule has 7 nitrogen and oxygen atoms in total. The van der Waals surface area contributed by atoms with Crippen molar-refractivity contribution in [3.8, 4) is 17.2 Å². The summed E-state index contributed by atoms with van der Waals surface area (Å²) in [5.41, 5.74) is 1.48. The van der Waals surface area contributed by atoms with Crippen LogP contribution in [0, 0.1) is 0 Å². The van der Waals surface area contributed by atoms with Gasteiger partial charge in [0.2, 0.25) is 5.75 Å². The van der Waals surface area contributed by atoms with Crippen LogP contribution in [0.2, 0.25) is 0 Å². The van der Waals surface area contributed by atoms with E-state index < -0.39 is 5.97 Å². The first-order valence-corrected chi connectivity index (χ1v) is 9.83. The van der Waals surface area contributed by atoms with E-state index in [1.54, 1.807) is 0 Å². The van der Waals surface area contributed by atoms with Gasteiger partial charge in [-0.15, -0.1) is 0 Å². The average molecular weight is 420 g/mol. The molecule has 30 heavy (non-hydrogen) atoms. The maximum absolute atomic E-state index is 10.8. The lowest BCUT2D eigenvalue weighted by Crippen LogP contribution is -2.22. The van der Waals surface area contributed by atoms with Gasteiger partial charge in [-0.3, -0.25) is 0 Å². The fraction of sp³-hybridized carbons (Fsp3) is 0.435. The fourth-order valence-corrected chi connectivity index (χ4v) is 2.77. The standard InChI is InChI=1S/C13H21NO.C10H12O5/c1-14(10-5-6-12-15)11-9-13-7-3-2-4-8-13;1-13-7-4-6(10(11)12)5-8(14-2)9(7)15-3/h2-4,7-8,15H,5-6,9-12H2,1H3;4-5H,1-3H3,(H,11,12). The Kier molecular flexibility index (Phi) is 12.0.